The maximum atomic E-state index is 6.09. The van der Waals surface area contributed by atoms with Crippen LogP contribution in [0.3, 0.4) is 0 Å². The van der Waals surface area contributed by atoms with Crippen molar-refractivity contribution in [3.63, 3.8) is 0 Å². The molecule has 0 nitrogen and oxygen atoms in total. The first-order chi connectivity index (χ1) is 7.61. The summed E-state index contributed by atoms with van der Waals surface area (Å²) in [4.78, 5) is 0. The maximum Gasteiger partial charge on any atom is 0.0441 e. The third-order valence-corrected chi connectivity index (χ3v) is 3.45. The standard InChI is InChI=1S/C14H10Cl2/c1-9-11(5-3-7-13(9)15)12-6-4-8-14(16)10(12)2/h3-4,7-8H,1-2H3. The molecule has 0 aromatic heterocycles. The van der Waals surface area contributed by atoms with Crippen molar-refractivity contribution in [2.24, 2.45) is 0 Å². The highest BCUT2D eigenvalue weighted by molar-refractivity contribution is 6.32. The summed E-state index contributed by atoms with van der Waals surface area (Å²) in [5.74, 6) is 0. The molecule has 80 valence electrons. The maximum absolute atomic E-state index is 6.09. The minimum absolute atomic E-state index is 0.738. The van der Waals surface area contributed by atoms with Gasteiger partial charge in [0.05, 0.1) is 0 Å². The second-order valence-corrected chi connectivity index (χ2v) is 4.47. The van der Waals surface area contributed by atoms with E-state index in [4.69, 9.17) is 23.2 Å². The van der Waals surface area contributed by atoms with E-state index in [9.17, 15) is 0 Å². The fourth-order valence-electron chi connectivity index (χ4n) is 1.62. The lowest BCUT2D eigenvalue weighted by molar-refractivity contribution is 1.40. The van der Waals surface area contributed by atoms with Gasteiger partial charge in [-0.2, -0.15) is 0 Å². The highest BCUT2D eigenvalue weighted by Gasteiger charge is 2.09. The molecular weight excluding hydrogens is 239 g/mol. The molecule has 0 fully saturated rings. The Kier molecular flexibility index (Phi) is 3.22. The molecule has 0 N–H and O–H groups in total. The molecule has 0 spiro atoms. The average molecular weight is 249 g/mol. The lowest BCUT2D eigenvalue weighted by atomic mass is 9.97. The van der Waals surface area contributed by atoms with Gasteiger partial charge in [-0.25, -0.2) is 0 Å². The predicted molar refractivity (Wildman–Crippen MR) is 69.0 cm³/mol. The SMILES string of the molecule is Cc1c(-c2[c]ccc(Cl)c2C)[c]ccc1Cl. The average Bonchev–Trinajstić information content (AvgIpc) is 2.27. The quantitative estimate of drug-likeness (QED) is 0.675. The summed E-state index contributed by atoms with van der Waals surface area (Å²) >= 11 is 12.2. The molecule has 0 atom stereocenters. The van der Waals surface area contributed by atoms with Gasteiger partial charge in [-0.3, -0.25) is 0 Å². The van der Waals surface area contributed by atoms with Crippen LogP contribution in [0.4, 0.5) is 0 Å². The van der Waals surface area contributed by atoms with Crippen molar-refractivity contribution in [1.29, 1.82) is 0 Å². The van der Waals surface area contributed by atoms with E-state index in [2.05, 4.69) is 12.1 Å². The number of hydrogen-bond donors (Lipinski definition) is 0. The van der Waals surface area contributed by atoms with Crippen LogP contribution in [0.25, 0.3) is 11.1 Å². The molecule has 0 amide bonds. The van der Waals surface area contributed by atoms with Crippen LogP contribution >= 0.6 is 23.2 Å². The van der Waals surface area contributed by atoms with E-state index in [0.717, 1.165) is 32.3 Å². The van der Waals surface area contributed by atoms with Gasteiger partial charge < -0.3 is 0 Å². The monoisotopic (exact) mass is 248 g/mol. The molecule has 0 aliphatic rings. The molecule has 0 saturated heterocycles. The molecule has 0 heterocycles. The summed E-state index contributed by atoms with van der Waals surface area (Å²) in [5.41, 5.74) is 3.94. The van der Waals surface area contributed by atoms with Gasteiger partial charge in [-0.05, 0) is 60.4 Å². The van der Waals surface area contributed by atoms with Crippen molar-refractivity contribution in [3.05, 3.63) is 57.6 Å². The lowest BCUT2D eigenvalue weighted by Crippen LogP contribution is -1.89. The van der Waals surface area contributed by atoms with E-state index in [1.807, 2.05) is 38.1 Å². The molecule has 2 aromatic carbocycles. The van der Waals surface area contributed by atoms with E-state index in [0.29, 0.717) is 0 Å². The molecule has 2 heteroatoms. The zero-order valence-corrected chi connectivity index (χ0v) is 10.6. The molecular formula is C14H10Cl2. The minimum atomic E-state index is 0.738. The summed E-state index contributed by atoms with van der Waals surface area (Å²) in [7, 11) is 0. The van der Waals surface area contributed by atoms with E-state index in [1.165, 1.54) is 0 Å². The minimum Gasteiger partial charge on any atom is -0.0840 e. The van der Waals surface area contributed by atoms with Crippen LogP contribution in [0, 0.1) is 26.0 Å². The van der Waals surface area contributed by atoms with Gasteiger partial charge in [0.15, 0.2) is 0 Å². The Labute approximate surface area is 106 Å². The van der Waals surface area contributed by atoms with Gasteiger partial charge in [0.25, 0.3) is 0 Å². The number of benzene rings is 2. The van der Waals surface area contributed by atoms with Gasteiger partial charge in [-0.1, -0.05) is 35.3 Å². The number of halogens is 2. The molecule has 2 radical (unpaired) electrons. The summed E-state index contributed by atoms with van der Waals surface area (Å²) in [6, 6.07) is 13.7. The van der Waals surface area contributed by atoms with Crippen LogP contribution in [0.5, 0.6) is 0 Å². The third kappa shape index (κ3) is 1.95. The van der Waals surface area contributed by atoms with Crippen LogP contribution < -0.4 is 0 Å². The second kappa shape index (κ2) is 4.48. The van der Waals surface area contributed by atoms with Crippen molar-refractivity contribution in [2.75, 3.05) is 0 Å². The Morgan fingerprint density at radius 3 is 1.56 bits per heavy atom. The highest BCUT2D eigenvalue weighted by Crippen LogP contribution is 2.32. The molecule has 0 saturated carbocycles. The van der Waals surface area contributed by atoms with Gasteiger partial charge in [0.1, 0.15) is 0 Å². The lowest BCUT2D eigenvalue weighted by Gasteiger charge is -2.10. The smallest absolute Gasteiger partial charge is 0.0441 e. The van der Waals surface area contributed by atoms with Crippen LogP contribution in [0.2, 0.25) is 10.0 Å². The van der Waals surface area contributed by atoms with Crippen molar-refractivity contribution in [1.82, 2.24) is 0 Å². The molecule has 2 rings (SSSR count). The van der Waals surface area contributed by atoms with Crippen LogP contribution in [0.1, 0.15) is 11.1 Å². The molecule has 2 aromatic rings. The molecule has 0 unspecified atom stereocenters. The summed E-state index contributed by atoms with van der Waals surface area (Å²) in [5, 5.41) is 1.48. The third-order valence-electron chi connectivity index (χ3n) is 2.63. The fraction of sp³-hybridized carbons (Fsp3) is 0.143. The summed E-state index contributed by atoms with van der Waals surface area (Å²) < 4.78 is 0. The van der Waals surface area contributed by atoms with E-state index in [-0.39, 0.29) is 0 Å². The van der Waals surface area contributed by atoms with E-state index in [1.54, 1.807) is 0 Å². The first-order valence-corrected chi connectivity index (χ1v) is 5.71. The van der Waals surface area contributed by atoms with E-state index < -0.39 is 0 Å². The van der Waals surface area contributed by atoms with Gasteiger partial charge in [0, 0.05) is 10.0 Å². The largest absolute Gasteiger partial charge is 0.0840 e. The van der Waals surface area contributed by atoms with Gasteiger partial charge >= 0.3 is 0 Å². The topological polar surface area (TPSA) is 0 Å². The van der Waals surface area contributed by atoms with Gasteiger partial charge in [0.2, 0.25) is 0 Å². The summed E-state index contributed by atoms with van der Waals surface area (Å²) in [6.45, 7) is 3.95. The normalized spacial score (nSPS) is 10.5. The van der Waals surface area contributed by atoms with Crippen molar-refractivity contribution < 1.29 is 0 Å². The van der Waals surface area contributed by atoms with Gasteiger partial charge in [-0.15, -0.1) is 0 Å². The van der Waals surface area contributed by atoms with Crippen molar-refractivity contribution in [2.45, 2.75) is 13.8 Å². The highest BCUT2D eigenvalue weighted by atomic mass is 35.5. The predicted octanol–water partition coefficient (Wildman–Crippen LogP) is 4.88. The molecule has 16 heavy (non-hydrogen) atoms. The summed E-state index contributed by atoms with van der Waals surface area (Å²) in [6.07, 6.45) is 0. The molecule has 0 aliphatic carbocycles. The first-order valence-electron chi connectivity index (χ1n) is 4.95. The Morgan fingerprint density at radius 1 is 0.812 bits per heavy atom. The van der Waals surface area contributed by atoms with Crippen molar-refractivity contribution >= 4 is 23.2 Å². The second-order valence-electron chi connectivity index (χ2n) is 3.65. The number of rotatable bonds is 1. The zero-order valence-electron chi connectivity index (χ0n) is 9.07. The van der Waals surface area contributed by atoms with E-state index >= 15 is 0 Å². The Bertz CT molecular complexity index is 481. The van der Waals surface area contributed by atoms with Crippen LogP contribution in [-0.4, -0.2) is 0 Å². The Balaban J connectivity index is 2.68. The zero-order chi connectivity index (χ0) is 11.7. The van der Waals surface area contributed by atoms with Crippen LogP contribution in [0.15, 0.2) is 24.3 Å². The first kappa shape index (κ1) is 11.5. The van der Waals surface area contributed by atoms with Crippen LogP contribution in [-0.2, 0) is 0 Å². The molecule has 0 bridgehead atoms. The van der Waals surface area contributed by atoms with Crippen molar-refractivity contribution in [3.8, 4) is 11.1 Å². The fourth-order valence-corrected chi connectivity index (χ4v) is 1.94. The Morgan fingerprint density at radius 2 is 1.19 bits per heavy atom. The number of hydrogen-bond acceptors (Lipinski definition) is 0. The Hall–Kier alpha value is -0.980. The molecule has 0 aliphatic heterocycles.